The van der Waals surface area contributed by atoms with Gasteiger partial charge in [0.05, 0.1) is 22.1 Å². The van der Waals surface area contributed by atoms with E-state index in [0.29, 0.717) is 0 Å². The number of rotatable bonds is 3. The van der Waals surface area contributed by atoms with E-state index in [1.165, 1.54) is 121 Å². The molecule has 0 saturated carbocycles. The maximum absolute atomic E-state index is 2.47. The van der Waals surface area contributed by atoms with Gasteiger partial charge in [0, 0.05) is 38.3 Å². The van der Waals surface area contributed by atoms with Crippen molar-refractivity contribution in [2.75, 3.05) is 0 Å². The summed E-state index contributed by atoms with van der Waals surface area (Å²) in [5, 5.41) is 12.8. The van der Waals surface area contributed by atoms with Gasteiger partial charge in [0.1, 0.15) is 0 Å². The first-order valence-electron chi connectivity index (χ1n) is 19.4. The smallest absolute Gasteiger partial charge is 0.0625 e. The molecule has 0 saturated heterocycles. The van der Waals surface area contributed by atoms with Gasteiger partial charge in [0.2, 0.25) is 0 Å². The first kappa shape index (κ1) is 30.0. The van der Waals surface area contributed by atoms with Gasteiger partial charge in [-0.1, -0.05) is 140 Å². The lowest BCUT2D eigenvalue weighted by molar-refractivity contribution is 1.19. The van der Waals surface area contributed by atoms with E-state index in [-0.39, 0.29) is 0 Å². The van der Waals surface area contributed by atoms with Gasteiger partial charge in [-0.25, -0.2) is 0 Å². The van der Waals surface area contributed by atoms with Crippen LogP contribution in [0.25, 0.3) is 121 Å². The molecule has 2 heteroatoms. The average Bonchev–Trinajstić information content (AvgIpc) is 3.90. The van der Waals surface area contributed by atoms with Crippen LogP contribution in [-0.2, 0) is 0 Å². The van der Waals surface area contributed by atoms with Crippen molar-refractivity contribution in [1.82, 2.24) is 9.13 Å². The molecule has 0 spiro atoms. The molecule has 0 bridgehead atoms. The van der Waals surface area contributed by atoms with E-state index in [1.807, 2.05) is 0 Å². The highest BCUT2D eigenvalue weighted by molar-refractivity contribution is 6.32. The van der Waals surface area contributed by atoms with Gasteiger partial charge < -0.3 is 9.13 Å². The molecule has 2 aromatic heterocycles. The Morgan fingerprint density at radius 1 is 0.268 bits per heavy atom. The molecule has 0 aliphatic heterocycles. The van der Waals surface area contributed by atoms with Crippen molar-refractivity contribution in [3.8, 4) is 44.8 Å². The molecule has 0 atom stereocenters. The van der Waals surface area contributed by atoms with Crippen molar-refractivity contribution in [1.29, 1.82) is 0 Å². The molecule has 1 aliphatic rings. The third-order valence-electron chi connectivity index (χ3n) is 12.4. The van der Waals surface area contributed by atoms with Gasteiger partial charge in [0.25, 0.3) is 0 Å². The fraction of sp³-hybridized carbons (Fsp3) is 0. The standard InChI is InChI=1S/C54H32N2/c1-2-14-36(15-3-1)56-51-28-26-34(31-48(51)53-44-21-8-6-16-38(44)40-18-7-9-22-45(40)54(53)56)33-25-27-50-46(30-33)42-20-10-11-24-49(42)55(50)37-29-35-13-12-23-43-39-17-4-5-19-41(39)47(32-37)52(35)43/h1-32H. The summed E-state index contributed by atoms with van der Waals surface area (Å²) in [6, 6.07) is 72.0. The van der Waals surface area contributed by atoms with Crippen LogP contribution >= 0.6 is 0 Å². The molecular formula is C54H32N2. The summed E-state index contributed by atoms with van der Waals surface area (Å²) in [6.45, 7) is 0. The topological polar surface area (TPSA) is 9.86 Å². The number of fused-ring (bicyclic) bond motifs is 14. The molecule has 2 heterocycles. The van der Waals surface area contributed by atoms with Crippen molar-refractivity contribution in [2.24, 2.45) is 0 Å². The molecule has 10 aromatic carbocycles. The minimum Gasteiger partial charge on any atom is -0.309 e. The van der Waals surface area contributed by atoms with E-state index < -0.39 is 0 Å². The van der Waals surface area contributed by atoms with E-state index in [4.69, 9.17) is 0 Å². The second-order valence-electron chi connectivity index (χ2n) is 15.2. The minimum atomic E-state index is 1.17. The zero-order valence-corrected chi connectivity index (χ0v) is 30.4. The summed E-state index contributed by atoms with van der Waals surface area (Å²) in [7, 11) is 0. The molecular weight excluding hydrogens is 677 g/mol. The predicted molar refractivity (Wildman–Crippen MR) is 238 cm³/mol. The summed E-state index contributed by atoms with van der Waals surface area (Å²) < 4.78 is 4.93. The summed E-state index contributed by atoms with van der Waals surface area (Å²) in [5.74, 6) is 0. The number of para-hydroxylation sites is 2. The summed E-state index contributed by atoms with van der Waals surface area (Å²) in [5.41, 5.74) is 15.0. The Kier molecular flexibility index (Phi) is 5.92. The SMILES string of the molecule is c1ccc(-n2c3ccc(-c4ccc5c(c4)c4ccccc4n5-c4cc5c6c(cccc6c4)-c4ccccc4-5)cc3c3c4ccccc4c4ccccc4c32)cc1. The van der Waals surface area contributed by atoms with Gasteiger partial charge in [-0.15, -0.1) is 0 Å². The maximum atomic E-state index is 2.47. The Balaban J connectivity index is 1.06. The van der Waals surface area contributed by atoms with Crippen molar-refractivity contribution < 1.29 is 0 Å². The van der Waals surface area contributed by atoms with E-state index in [1.54, 1.807) is 0 Å². The number of benzene rings is 10. The number of hydrogen-bond donors (Lipinski definition) is 0. The normalized spacial score (nSPS) is 12.3. The van der Waals surface area contributed by atoms with Gasteiger partial charge in [-0.05, 0) is 115 Å². The van der Waals surface area contributed by atoms with Crippen LogP contribution in [0.3, 0.4) is 0 Å². The van der Waals surface area contributed by atoms with Crippen LogP contribution in [-0.4, -0.2) is 9.13 Å². The average molecular weight is 709 g/mol. The van der Waals surface area contributed by atoms with Crippen LogP contribution in [0.1, 0.15) is 0 Å². The highest BCUT2D eigenvalue weighted by atomic mass is 15.0. The number of aromatic nitrogens is 2. The lowest BCUT2D eigenvalue weighted by Crippen LogP contribution is -1.95. The molecule has 0 unspecified atom stereocenters. The Hall–Kier alpha value is -7.42. The van der Waals surface area contributed by atoms with Gasteiger partial charge in [-0.2, -0.15) is 0 Å². The first-order valence-corrected chi connectivity index (χ1v) is 19.4. The second-order valence-corrected chi connectivity index (χ2v) is 15.2. The summed E-state index contributed by atoms with van der Waals surface area (Å²) in [6.07, 6.45) is 0. The number of hydrogen-bond acceptors (Lipinski definition) is 0. The fourth-order valence-electron chi connectivity index (χ4n) is 10.1. The highest BCUT2D eigenvalue weighted by Crippen LogP contribution is 2.49. The van der Waals surface area contributed by atoms with E-state index in [0.717, 1.165) is 0 Å². The van der Waals surface area contributed by atoms with Crippen LogP contribution in [0, 0.1) is 0 Å². The molecule has 56 heavy (non-hydrogen) atoms. The fourth-order valence-corrected chi connectivity index (χ4v) is 10.1. The quantitative estimate of drug-likeness (QED) is 0.162. The van der Waals surface area contributed by atoms with Crippen molar-refractivity contribution >= 4 is 75.9 Å². The molecule has 0 amide bonds. The third-order valence-corrected chi connectivity index (χ3v) is 12.4. The van der Waals surface area contributed by atoms with Crippen LogP contribution in [0.5, 0.6) is 0 Å². The summed E-state index contributed by atoms with van der Waals surface area (Å²) in [4.78, 5) is 0. The molecule has 13 rings (SSSR count). The van der Waals surface area contributed by atoms with Crippen molar-refractivity contribution in [2.45, 2.75) is 0 Å². The van der Waals surface area contributed by atoms with Gasteiger partial charge >= 0.3 is 0 Å². The zero-order chi connectivity index (χ0) is 36.5. The lowest BCUT2D eigenvalue weighted by atomic mass is 9.95. The Bertz CT molecular complexity index is 3640. The van der Waals surface area contributed by atoms with E-state index in [2.05, 4.69) is 203 Å². The molecule has 0 N–H and O–H groups in total. The second kappa shape index (κ2) is 11.1. The Labute approximate surface area is 322 Å². The predicted octanol–water partition coefficient (Wildman–Crippen LogP) is 14.7. The van der Waals surface area contributed by atoms with Crippen LogP contribution in [0.2, 0.25) is 0 Å². The van der Waals surface area contributed by atoms with Crippen molar-refractivity contribution in [3.05, 3.63) is 194 Å². The van der Waals surface area contributed by atoms with E-state index in [9.17, 15) is 0 Å². The van der Waals surface area contributed by atoms with Gasteiger partial charge in [-0.3, -0.25) is 0 Å². The van der Waals surface area contributed by atoms with Crippen LogP contribution < -0.4 is 0 Å². The molecule has 258 valence electrons. The maximum Gasteiger partial charge on any atom is 0.0625 e. The van der Waals surface area contributed by atoms with E-state index >= 15 is 0 Å². The Morgan fingerprint density at radius 2 is 0.839 bits per heavy atom. The Morgan fingerprint density at radius 3 is 1.62 bits per heavy atom. The third kappa shape index (κ3) is 3.95. The van der Waals surface area contributed by atoms with Crippen LogP contribution in [0.15, 0.2) is 194 Å². The van der Waals surface area contributed by atoms with Crippen LogP contribution in [0.4, 0.5) is 0 Å². The van der Waals surface area contributed by atoms with Gasteiger partial charge in [0.15, 0.2) is 0 Å². The number of nitrogens with zero attached hydrogens (tertiary/aromatic N) is 2. The molecule has 2 nitrogen and oxygen atoms in total. The largest absolute Gasteiger partial charge is 0.309 e. The first-order chi connectivity index (χ1) is 27.8. The van der Waals surface area contributed by atoms with Crippen molar-refractivity contribution in [3.63, 3.8) is 0 Å². The summed E-state index contributed by atoms with van der Waals surface area (Å²) >= 11 is 0. The zero-order valence-electron chi connectivity index (χ0n) is 30.4. The molecule has 1 aliphatic carbocycles. The molecule has 0 radical (unpaired) electrons. The highest BCUT2D eigenvalue weighted by Gasteiger charge is 2.24. The lowest BCUT2D eigenvalue weighted by Gasteiger charge is -2.12. The monoisotopic (exact) mass is 708 g/mol. The minimum absolute atomic E-state index is 1.17. The molecule has 12 aromatic rings. The molecule has 0 fully saturated rings.